The minimum Gasteiger partial charge on any atom is -0.370 e. The van der Waals surface area contributed by atoms with Gasteiger partial charge in [-0.05, 0) is 18.9 Å². The highest BCUT2D eigenvalue weighted by molar-refractivity contribution is 5.75. The first-order chi connectivity index (χ1) is 8.83. The van der Waals surface area contributed by atoms with E-state index >= 15 is 0 Å². The van der Waals surface area contributed by atoms with E-state index in [-0.39, 0.29) is 6.42 Å². The highest BCUT2D eigenvalue weighted by Gasteiger charge is 2.39. The molecule has 1 amide bonds. The Balaban J connectivity index is 2.40. The Bertz CT molecular complexity index is 476. The van der Waals surface area contributed by atoms with Crippen LogP contribution in [-0.2, 0) is 16.4 Å². The van der Waals surface area contributed by atoms with Crippen molar-refractivity contribution in [3.63, 3.8) is 0 Å². The lowest BCUT2D eigenvalue weighted by molar-refractivity contribution is -0.137. The second-order valence-corrected chi connectivity index (χ2v) is 5.06. The first-order valence-electron chi connectivity index (χ1n) is 6.13. The molecule has 2 rings (SSSR count). The van der Waals surface area contributed by atoms with Crippen LogP contribution in [-0.4, -0.2) is 5.91 Å². The van der Waals surface area contributed by atoms with Crippen molar-refractivity contribution in [3.8, 4) is 0 Å². The van der Waals surface area contributed by atoms with Crippen molar-refractivity contribution in [1.29, 1.82) is 0 Å². The first-order valence-corrected chi connectivity index (χ1v) is 6.13. The zero-order chi connectivity index (χ0) is 14.1. The van der Waals surface area contributed by atoms with E-state index < -0.39 is 23.1 Å². The van der Waals surface area contributed by atoms with Crippen LogP contribution in [0.4, 0.5) is 13.2 Å². The smallest absolute Gasteiger partial charge is 0.370 e. The Morgan fingerprint density at radius 2 is 2.00 bits per heavy atom. The van der Waals surface area contributed by atoms with Crippen molar-refractivity contribution in [2.75, 3.05) is 0 Å². The number of halogens is 3. The average Bonchev–Trinajstić information content (AvgIpc) is 2.77. The molecule has 1 saturated carbocycles. The van der Waals surface area contributed by atoms with Crippen LogP contribution in [0.15, 0.2) is 12.1 Å². The van der Waals surface area contributed by atoms with E-state index in [1.54, 1.807) is 0 Å². The summed E-state index contributed by atoms with van der Waals surface area (Å²) < 4.78 is 38.1. The molecule has 0 heterocycles. The monoisotopic (exact) mass is 269 g/mol. The lowest BCUT2D eigenvalue weighted by atomic mass is 9.76. The molecule has 1 aromatic rings. The number of alkyl halides is 3. The summed E-state index contributed by atoms with van der Waals surface area (Å²) in [4.78, 5) is 11.2. The van der Waals surface area contributed by atoms with Gasteiger partial charge in [0, 0.05) is 23.5 Å². The van der Waals surface area contributed by atoms with Crippen LogP contribution in [0.3, 0.4) is 0 Å². The molecule has 2 nitrogen and oxygen atoms in total. The van der Waals surface area contributed by atoms with E-state index in [0.717, 1.165) is 25.0 Å². The van der Waals surface area contributed by atoms with Gasteiger partial charge in [0.1, 0.15) is 0 Å². The van der Waals surface area contributed by atoms with Gasteiger partial charge in [0.2, 0.25) is 5.91 Å². The minimum atomic E-state index is -4.41. The molecule has 0 atom stereocenters. The van der Waals surface area contributed by atoms with Gasteiger partial charge in [-0.2, -0.15) is 13.2 Å². The Morgan fingerprint density at radius 1 is 1.37 bits per heavy atom. The summed E-state index contributed by atoms with van der Waals surface area (Å²) in [6, 6.07) is 7.10. The summed E-state index contributed by atoms with van der Waals surface area (Å²) in [5.74, 6) is -0.493. The van der Waals surface area contributed by atoms with Crippen molar-refractivity contribution in [2.24, 2.45) is 5.73 Å². The maximum Gasteiger partial charge on any atom is 0.417 e. The van der Waals surface area contributed by atoms with Crippen molar-refractivity contribution < 1.29 is 18.0 Å². The third-order valence-corrected chi connectivity index (χ3v) is 3.71. The van der Waals surface area contributed by atoms with Gasteiger partial charge in [-0.15, -0.1) is 0 Å². The molecule has 0 radical (unpaired) electrons. The SMILES string of the molecule is NC(=O)CC1(c2c#ccc(C(F)(F)F)c2)CCCC1. The van der Waals surface area contributed by atoms with E-state index in [0.29, 0.717) is 18.4 Å². The second kappa shape index (κ2) is 4.76. The maximum absolute atomic E-state index is 12.7. The summed E-state index contributed by atoms with van der Waals surface area (Å²) in [7, 11) is 0. The molecule has 1 aliphatic carbocycles. The summed E-state index contributed by atoms with van der Waals surface area (Å²) >= 11 is 0. The van der Waals surface area contributed by atoms with Crippen molar-refractivity contribution in [2.45, 2.75) is 43.7 Å². The molecule has 102 valence electrons. The molecule has 5 heteroatoms. The van der Waals surface area contributed by atoms with Gasteiger partial charge in [-0.1, -0.05) is 25.0 Å². The normalized spacial score (nSPS) is 18.1. The number of hydrogen-bond donors (Lipinski definition) is 1. The standard InChI is InChI=1S/C14H14F3NO/c15-14(16,17)11-5-3-4-10(8-11)13(9-12(18)19)6-1-2-7-13/h5,8H,1-2,6-7,9H2,(H2,18,19). The Kier molecular flexibility index (Phi) is 3.44. The maximum atomic E-state index is 12.7. The lowest BCUT2D eigenvalue weighted by Gasteiger charge is -2.27. The molecule has 0 unspecified atom stereocenters. The van der Waals surface area contributed by atoms with Gasteiger partial charge in [0.15, 0.2) is 0 Å². The van der Waals surface area contributed by atoms with E-state index in [1.807, 2.05) is 0 Å². The Labute approximate surface area is 109 Å². The Hall–Kier alpha value is -1.70. The molecule has 0 saturated heterocycles. The van der Waals surface area contributed by atoms with Gasteiger partial charge >= 0.3 is 6.18 Å². The number of carbonyl (C=O) groups is 1. The third kappa shape index (κ3) is 2.83. The van der Waals surface area contributed by atoms with Gasteiger partial charge in [0.05, 0.1) is 5.56 Å². The van der Waals surface area contributed by atoms with E-state index in [2.05, 4.69) is 12.1 Å². The number of nitrogens with two attached hydrogens (primary N) is 1. The van der Waals surface area contributed by atoms with Gasteiger partial charge in [-0.3, -0.25) is 4.79 Å². The van der Waals surface area contributed by atoms with Crippen LogP contribution >= 0.6 is 0 Å². The summed E-state index contributed by atoms with van der Waals surface area (Å²) in [5, 5.41) is 0. The Morgan fingerprint density at radius 3 is 2.53 bits per heavy atom. The first kappa shape index (κ1) is 13.7. The fourth-order valence-corrected chi connectivity index (χ4v) is 2.80. The van der Waals surface area contributed by atoms with Crippen LogP contribution in [0.25, 0.3) is 0 Å². The molecular weight excluding hydrogens is 255 g/mol. The molecule has 1 aliphatic rings. The summed E-state index contributed by atoms with van der Waals surface area (Å²) in [6.07, 6.45) is -1.23. The number of primary amides is 1. The quantitative estimate of drug-likeness (QED) is 0.900. The van der Waals surface area contributed by atoms with Crippen LogP contribution < -0.4 is 5.73 Å². The topological polar surface area (TPSA) is 43.1 Å². The van der Waals surface area contributed by atoms with Crippen LogP contribution in [0, 0.1) is 12.1 Å². The highest BCUT2D eigenvalue weighted by Crippen LogP contribution is 2.44. The number of hydrogen-bond acceptors (Lipinski definition) is 1. The van der Waals surface area contributed by atoms with Crippen molar-refractivity contribution >= 4 is 5.91 Å². The van der Waals surface area contributed by atoms with E-state index in [9.17, 15) is 18.0 Å². The lowest BCUT2D eigenvalue weighted by Crippen LogP contribution is -2.29. The number of rotatable bonds is 3. The fourth-order valence-electron chi connectivity index (χ4n) is 2.80. The van der Waals surface area contributed by atoms with Gasteiger partial charge in [-0.25, -0.2) is 0 Å². The largest absolute Gasteiger partial charge is 0.417 e. The zero-order valence-electron chi connectivity index (χ0n) is 10.3. The van der Waals surface area contributed by atoms with Crippen molar-refractivity contribution in [1.82, 2.24) is 0 Å². The molecule has 0 aliphatic heterocycles. The third-order valence-electron chi connectivity index (χ3n) is 3.71. The molecule has 1 aromatic carbocycles. The molecular formula is C14H14F3NO. The van der Waals surface area contributed by atoms with Crippen molar-refractivity contribution in [3.05, 3.63) is 35.4 Å². The molecule has 0 aromatic heterocycles. The van der Waals surface area contributed by atoms with Crippen LogP contribution in [0.1, 0.15) is 43.2 Å². The highest BCUT2D eigenvalue weighted by atomic mass is 19.4. The van der Waals surface area contributed by atoms with Crippen LogP contribution in [0.5, 0.6) is 0 Å². The average molecular weight is 269 g/mol. The number of amides is 1. The summed E-state index contributed by atoms with van der Waals surface area (Å²) in [5.41, 5.74) is 4.29. The molecule has 0 bridgehead atoms. The second-order valence-electron chi connectivity index (χ2n) is 5.06. The van der Waals surface area contributed by atoms with Crippen LogP contribution in [0.2, 0.25) is 0 Å². The zero-order valence-corrected chi connectivity index (χ0v) is 10.3. The minimum absolute atomic E-state index is 0.0681. The fraction of sp³-hybridized carbons (Fsp3) is 0.500. The molecule has 2 N–H and O–H groups in total. The molecule has 1 fully saturated rings. The summed E-state index contributed by atoms with van der Waals surface area (Å²) in [6.45, 7) is 0. The predicted octanol–water partition coefficient (Wildman–Crippen LogP) is 2.99. The predicted molar refractivity (Wildman–Crippen MR) is 63.1 cm³/mol. The molecule has 0 spiro atoms. The molecule has 19 heavy (non-hydrogen) atoms. The number of carbonyl (C=O) groups excluding carboxylic acids is 1. The van der Waals surface area contributed by atoms with Gasteiger partial charge in [0.25, 0.3) is 0 Å². The van der Waals surface area contributed by atoms with E-state index in [1.165, 1.54) is 0 Å². The van der Waals surface area contributed by atoms with E-state index in [4.69, 9.17) is 5.73 Å². The van der Waals surface area contributed by atoms with Gasteiger partial charge < -0.3 is 5.73 Å².